The molecule has 3 rings (SSSR count). The van der Waals surface area contributed by atoms with Crippen molar-refractivity contribution in [2.45, 2.75) is 11.3 Å². The summed E-state index contributed by atoms with van der Waals surface area (Å²) < 4.78 is 41.4. The number of hydrogen-bond donors (Lipinski definition) is 1. The molecule has 0 bridgehead atoms. The van der Waals surface area contributed by atoms with Gasteiger partial charge in [0.25, 0.3) is 0 Å². The summed E-state index contributed by atoms with van der Waals surface area (Å²) in [5.74, 6) is 0.187. The molecule has 9 heteroatoms. The maximum absolute atomic E-state index is 12.9. The van der Waals surface area contributed by atoms with Gasteiger partial charge in [0.15, 0.2) is 10.6 Å². The average molecular weight is 455 g/mol. The molecular weight excluding hydrogens is 432 g/mol. The molecule has 0 spiro atoms. The van der Waals surface area contributed by atoms with Crippen molar-refractivity contribution in [1.29, 1.82) is 0 Å². The fraction of sp³-hybridized carbons (Fsp3) is 0.130. The predicted octanol–water partition coefficient (Wildman–Crippen LogP) is 3.16. The zero-order chi connectivity index (χ0) is 23.0. The Bertz CT molecular complexity index is 1210. The van der Waals surface area contributed by atoms with Gasteiger partial charge in [-0.05, 0) is 29.8 Å². The van der Waals surface area contributed by atoms with Crippen molar-refractivity contribution >= 4 is 22.2 Å². The van der Waals surface area contributed by atoms with Gasteiger partial charge in [-0.25, -0.2) is 5.43 Å². The number of carbonyl (C=O) groups is 1. The lowest BCUT2D eigenvalue weighted by atomic mass is 10.1. The lowest BCUT2D eigenvalue weighted by Gasteiger charge is -2.13. The first-order valence-corrected chi connectivity index (χ1v) is 10.9. The van der Waals surface area contributed by atoms with Crippen LogP contribution in [0.3, 0.4) is 0 Å². The summed E-state index contributed by atoms with van der Waals surface area (Å²) in [5, 5.41) is 3.92. The second-order valence-corrected chi connectivity index (χ2v) is 8.06. The second kappa shape index (κ2) is 10.5. The van der Waals surface area contributed by atoms with Crippen molar-refractivity contribution in [3.05, 3.63) is 83.9 Å². The maximum atomic E-state index is 12.9. The summed E-state index contributed by atoms with van der Waals surface area (Å²) in [4.78, 5) is 11.9. The third-order valence-corrected chi connectivity index (χ3v) is 5.62. The van der Waals surface area contributed by atoms with E-state index >= 15 is 0 Å². The van der Waals surface area contributed by atoms with E-state index in [4.69, 9.17) is 13.7 Å². The van der Waals surface area contributed by atoms with Crippen LogP contribution < -0.4 is 19.1 Å². The van der Waals surface area contributed by atoms with Crippen molar-refractivity contribution in [2.75, 3.05) is 14.2 Å². The number of carbonyl (C=O) groups excluding carboxylic acids is 1. The van der Waals surface area contributed by atoms with E-state index in [0.717, 1.165) is 5.56 Å². The van der Waals surface area contributed by atoms with Gasteiger partial charge in [0, 0.05) is 11.6 Å². The van der Waals surface area contributed by atoms with Gasteiger partial charge in [-0.1, -0.05) is 42.5 Å². The van der Waals surface area contributed by atoms with Crippen molar-refractivity contribution in [1.82, 2.24) is 5.43 Å². The fourth-order valence-corrected chi connectivity index (χ4v) is 3.94. The van der Waals surface area contributed by atoms with E-state index in [1.807, 2.05) is 30.3 Å². The number of rotatable bonds is 9. The molecule has 0 fully saturated rings. The van der Waals surface area contributed by atoms with E-state index in [1.165, 1.54) is 38.6 Å². The molecule has 0 heterocycles. The zero-order valence-corrected chi connectivity index (χ0v) is 18.3. The minimum atomic E-state index is -4.25. The van der Waals surface area contributed by atoms with Gasteiger partial charge < -0.3 is 13.7 Å². The number of ether oxygens (including phenoxy) is 2. The SMILES string of the molecule is COc1ccc(OC)c(S(=O)(=O)Oc2ccccc2C=NNC(=O)Cc2ccccc2)c1. The van der Waals surface area contributed by atoms with Crippen LogP contribution in [0.5, 0.6) is 17.2 Å². The Kier molecular flexibility index (Phi) is 7.45. The molecule has 166 valence electrons. The number of benzene rings is 3. The quantitative estimate of drug-likeness (QED) is 0.303. The molecular formula is C23H22N2O6S. The zero-order valence-electron chi connectivity index (χ0n) is 17.5. The molecule has 32 heavy (non-hydrogen) atoms. The van der Waals surface area contributed by atoms with E-state index < -0.39 is 10.1 Å². The first-order chi connectivity index (χ1) is 15.4. The fourth-order valence-electron chi connectivity index (χ4n) is 2.80. The molecule has 0 atom stereocenters. The van der Waals surface area contributed by atoms with Gasteiger partial charge in [0.2, 0.25) is 5.91 Å². The number of hydrogen-bond acceptors (Lipinski definition) is 7. The van der Waals surface area contributed by atoms with Gasteiger partial charge in [-0.15, -0.1) is 0 Å². The summed E-state index contributed by atoms with van der Waals surface area (Å²) >= 11 is 0. The van der Waals surface area contributed by atoms with Crippen LogP contribution >= 0.6 is 0 Å². The van der Waals surface area contributed by atoms with E-state index in [-0.39, 0.29) is 28.7 Å². The summed E-state index contributed by atoms with van der Waals surface area (Å²) in [6.45, 7) is 0. The minimum absolute atomic E-state index is 0.0402. The highest BCUT2D eigenvalue weighted by molar-refractivity contribution is 7.87. The molecule has 0 saturated heterocycles. The summed E-state index contributed by atoms with van der Waals surface area (Å²) in [6.07, 6.45) is 1.48. The highest BCUT2D eigenvalue weighted by atomic mass is 32.2. The van der Waals surface area contributed by atoms with Crippen LogP contribution in [-0.2, 0) is 21.3 Å². The lowest BCUT2D eigenvalue weighted by Crippen LogP contribution is -2.19. The normalized spacial score (nSPS) is 11.2. The van der Waals surface area contributed by atoms with Gasteiger partial charge >= 0.3 is 10.1 Å². The number of nitrogens with zero attached hydrogens (tertiary/aromatic N) is 1. The Balaban J connectivity index is 1.76. The molecule has 0 saturated carbocycles. The Morgan fingerprint density at radius 1 is 0.938 bits per heavy atom. The standard InChI is InChI=1S/C23H22N2O6S/c1-29-19-12-13-21(30-2)22(15-19)32(27,28)31-20-11-7-6-10-18(20)16-24-25-23(26)14-17-8-4-3-5-9-17/h3-13,15-16H,14H2,1-2H3,(H,25,26). The van der Waals surface area contributed by atoms with Crippen LogP contribution in [0.4, 0.5) is 0 Å². The van der Waals surface area contributed by atoms with Crippen LogP contribution in [-0.4, -0.2) is 34.8 Å². The second-order valence-electron chi connectivity index (χ2n) is 6.55. The number of nitrogens with one attached hydrogen (secondary N) is 1. The highest BCUT2D eigenvalue weighted by Gasteiger charge is 2.24. The van der Waals surface area contributed by atoms with Gasteiger partial charge in [0.05, 0.1) is 26.9 Å². The highest BCUT2D eigenvalue weighted by Crippen LogP contribution is 2.31. The number of para-hydroxylation sites is 1. The summed E-state index contributed by atoms with van der Waals surface area (Å²) in [5.41, 5.74) is 3.63. The predicted molar refractivity (Wildman–Crippen MR) is 120 cm³/mol. The molecule has 0 aliphatic heterocycles. The monoisotopic (exact) mass is 454 g/mol. The Labute approximate surface area is 186 Å². The molecule has 0 aliphatic rings. The Morgan fingerprint density at radius 3 is 2.38 bits per heavy atom. The molecule has 0 unspecified atom stereocenters. The summed E-state index contributed by atoms with van der Waals surface area (Å²) in [7, 11) is -1.46. The number of hydrazone groups is 1. The smallest absolute Gasteiger partial charge is 0.343 e. The number of methoxy groups -OCH3 is 2. The third kappa shape index (κ3) is 5.86. The molecule has 0 aliphatic carbocycles. The van der Waals surface area contributed by atoms with Crippen LogP contribution in [0.2, 0.25) is 0 Å². The van der Waals surface area contributed by atoms with Gasteiger partial charge in [-0.2, -0.15) is 13.5 Å². The Hall–Kier alpha value is -3.85. The molecule has 8 nitrogen and oxygen atoms in total. The molecule has 1 N–H and O–H groups in total. The lowest BCUT2D eigenvalue weighted by molar-refractivity contribution is -0.120. The van der Waals surface area contributed by atoms with Gasteiger partial charge in [-0.3, -0.25) is 4.79 Å². The van der Waals surface area contributed by atoms with Gasteiger partial charge in [0.1, 0.15) is 11.5 Å². The molecule has 3 aromatic carbocycles. The molecule has 0 radical (unpaired) electrons. The van der Waals surface area contributed by atoms with Crippen molar-refractivity contribution in [3.63, 3.8) is 0 Å². The molecule has 1 amide bonds. The Morgan fingerprint density at radius 2 is 1.66 bits per heavy atom. The largest absolute Gasteiger partial charge is 0.497 e. The third-order valence-electron chi connectivity index (χ3n) is 4.36. The average Bonchev–Trinajstić information content (AvgIpc) is 2.80. The molecule has 0 aromatic heterocycles. The first-order valence-electron chi connectivity index (χ1n) is 9.54. The number of amides is 1. The minimum Gasteiger partial charge on any atom is -0.497 e. The molecule has 3 aromatic rings. The summed E-state index contributed by atoms with van der Waals surface area (Å²) in [6, 6.07) is 20.0. The van der Waals surface area contributed by atoms with Crippen LogP contribution in [0.25, 0.3) is 0 Å². The van der Waals surface area contributed by atoms with Crippen molar-refractivity contribution < 1.29 is 26.9 Å². The van der Waals surface area contributed by atoms with E-state index in [1.54, 1.807) is 24.3 Å². The van der Waals surface area contributed by atoms with Crippen LogP contribution in [0.15, 0.2) is 82.8 Å². The maximum Gasteiger partial charge on any atom is 0.343 e. The van der Waals surface area contributed by atoms with Crippen molar-refractivity contribution in [2.24, 2.45) is 5.10 Å². The van der Waals surface area contributed by atoms with Crippen molar-refractivity contribution in [3.8, 4) is 17.2 Å². The van der Waals surface area contributed by atoms with E-state index in [0.29, 0.717) is 11.3 Å². The van der Waals surface area contributed by atoms with Crippen LogP contribution in [0, 0.1) is 0 Å². The first kappa shape index (κ1) is 22.8. The topological polar surface area (TPSA) is 103 Å². The van der Waals surface area contributed by atoms with E-state index in [2.05, 4.69) is 10.5 Å². The van der Waals surface area contributed by atoms with Crippen LogP contribution in [0.1, 0.15) is 11.1 Å². The van der Waals surface area contributed by atoms with E-state index in [9.17, 15) is 13.2 Å².